The molecule has 0 bridgehead atoms. The second-order valence-corrected chi connectivity index (χ2v) is 7.73. The third-order valence-electron chi connectivity index (χ3n) is 5.07. The number of benzene rings is 2. The standard InChI is InChI=1S/C20H22N2O2S/c1-20(14-4-6-15(23)7-5-14)12-25-19-11-16(24)8-9-17(19)18(20)3-2-10-22-13-21/h4-9,11,18,22-24H,2-3,10,12H2,1H3. The van der Waals surface area contributed by atoms with Gasteiger partial charge < -0.3 is 15.5 Å². The van der Waals surface area contributed by atoms with Crippen LogP contribution in [0, 0.1) is 11.5 Å². The molecule has 0 radical (unpaired) electrons. The first-order chi connectivity index (χ1) is 12.0. The molecule has 3 N–H and O–H groups in total. The average Bonchev–Trinajstić information content (AvgIpc) is 2.61. The Morgan fingerprint density at radius 3 is 2.64 bits per heavy atom. The van der Waals surface area contributed by atoms with Crippen molar-refractivity contribution in [3.63, 3.8) is 0 Å². The van der Waals surface area contributed by atoms with Crippen LogP contribution >= 0.6 is 11.8 Å². The molecule has 4 nitrogen and oxygen atoms in total. The maximum atomic E-state index is 9.81. The Bertz CT molecular complexity index is 785. The zero-order valence-corrected chi connectivity index (χ0v) is 15.0. The molecular weight excluding hydrogens is 332 g/mol. The monoisotopic (exact) mass is 354 g/mol. The third-order valence-corrected chi connectivity index (χ3v) is 6.48. The van der Waals surface area contributed by atoms with Crippen molar-refractivity contribution in [3.05, 3.63) is 53.6 Å². The summed E-state index contributed by atoms with van der Waals surface area (Å²) in [5, 5.41) is 30.8. The summed E-state index contributed by atoms with van der Waals surface area (Å²) in [6.45, 7) is 2.93. The van der Waals surface area contributed by atoms with Crippen LogP contribution < -0.4 is 5.32 Å². The van der Waals surface area contributed by atoms with Gasteiger partial charge in [0.05, 0.1) is 0 Å². The lowest BCUT2D eigenvalue weighted by Crippen LogP contribution is -2.36. The molecule has 1 heterocycles. The number of phenols is 2. The molecule has 2 unspecified atom stereocenters. The lowest BCUT2D eigenvalue weighted by atomic mass is 9.68. The van der Waals surface area contributed by atoms with Gasteiger partial charge in [0.1, 0.15) is 11.5 Å². The lowest BCUT2D eigenvalue weighted by molar-refractivity contribution is 0.376. The number of aromatic hydroxyl groups is 2. The predicted molar refractivity (Wildman–Crippen MR) is 99.9 cm³/mol. The van der Waals surface area contributed by atoms with E-state index in [1.807, 2.05) is 30.5 Å². The molecule has 25 heavy (non-hydrogen) atoms. The van der Waals surface area contributed by atoms with Crippen molar-refractivity contribution in [2.24, 2.45) is 0 Å². The van der Waals surface area contributed by atoms with Gasteiger partial charge >= 0.3 is 0 Å². The number of nitrogens with one attached hydrogen (secondary N) is 1. The molecule has 2 atom stereocenters. The van der Waals surface area contributed by atoms with E-state index in [9.17, 15) is 10.2 Å². The lowest BCUT2D eigenvalue weighted by Gasteiger charge is -2.43. The summed E-state index contributed by atoms with van der Waals surface area (Å²) in [6, 6.07) is 13.1. The van der Waals surface area contributed by atoms with E-state index in [4.69, 9.17) is 5.26 Å². The van der Waals surface area contributed by atoms with E-state index in [2.05, 4.69) is 12.2 Å². The van der Waals surface area contributed by atoms with Gasteiger partial charge in [0, 0.05) is 22.6 Å². The second-order valence-electron chi connectivity index (χ2n) is 6.71. The van der Waals surface area contributed by atoms with Gasteiger partial charge in [0.15, 0.2) is 6.19 Å². The van der Waals surface area contributed by atoms with Gasteiger partial charge in [-0.05, 0) is 54.2 Å². The quantitative estimate of drug-likeness (QED) is 0.428. The largest absolute Gasteiger partial charge is 0.508 e. The van der Waals surface area contributed by atoms with Crippen molar-refractivity contribution in [2.75, 3.05) is 12.3 Å². The van der Waals surface area contributed by atoms with E-state index < -0.39 is 0 Å². The van der Waals surface area contributed by atoms with Crippen LogP contribution in [0.5, 0.6) is 11.5 Å². The maximum absolute atomic E-state index is 9.81. The summed E-state index contributed by atoms with van der Waals surface area (Å²) >= 11 is 1.77. The highest BCUT2D eigenvalue weighted by Crippen LogP contribution is 2.52. The fourth-order valence-corrected chi connectivity index (χ4v) is 5.06. The Morgan fingerprint density at radius 2 is 1.92 bits per heavy atom. The molecule has 0 amide bonds. The molecule has 2 aromatic carbocycles. The number of phenolic OH excluding ortho intramolecular Hbond substituents is 2. The molecule has 0 fully saturated rings. The SMILES string of the molecule is CC1(c2ccc(O)cc2)CSc2cc(O)ccc2C1CCCNC#N. The van der Waals surface area contributed by atoms with Gasteiger partial charge in [0.25, 0.3) is 0 Å². The Kier molecular flexibility index (Phi) is 5.10. The van der Waals surface area contributed by atoms with Gasteiger partial charge in [-0.3, -0.25) is 0 Å². The van der Waals surface area contributed by atoms with Crippen LogP contribution in [0.2, 0.25) is 0 Å². The highest BCUT2D eigenvalue weighted by molar-refractivity contribution is 7.99. The number of thioether (sulfide) groups is 1. The molecular formula is C20H22N2O2S. The van der Waals surface area contributed by atoms with Crippen molar-refractivity contribution < 1.29 is 10.2 Å². The molecule has 0 saturated heterocycles. The van der Waals surface area contributed by atoms with E-state index in [-0.39, 0.29) is 17.1 Å². The Balaban J connectivity index is 1.97. The van der Waals surface area contributed by atoms with Crippen LogP contribution in [0.4, 0.5) is 0 Å². The van der Waals surface area contributed by atoms with Crippen LogP contribution in [-0.2, 0) is 5.41 Å². The van der Waals surface area contributed by atoms with Crippen molar-refractivity contribution in [1.29, 1.82) is 5.26 Å². The summed E-state index contributed by atoms with van der Waals surface area (Å²) in [5.41, 5.74) is 2.38. The molecule has 0 spiro atoms. The summed E-state index contributed by atoms with van der Waals surface area (Å²) in [4.78, 5) is 1.13. The number of nitrogens with zero attached hydrogens (tertiary/aromatic N) is 1. The second kappa shape index (κ2) is 7.28. The molecule has 0 saturated carbocycles. The van der Waals surface area contributed by atoms with Gasteiger partial charge in [0.2, 0.25) is 0 Å². The zero-order chi connectivity index (χ0) is 17.9. The van der Waals surface area contributed by atoms with Crippen LogP contribution in [0.1, 0.15) is 36.8 Å². The fourth-order valence-electron chi connectivity index (χ4n) is 3.66. The highest BCUT2D eigenvalue weighted by Gasteiger charge is 2.41. The number of hydrogen-bond donors (Lipinski definition) is 3. The smallest absolute Gasteiger partial charge is 0.176 e. The third kappa shape index (κ3) is 3.54. The molecule has 0 aliphatic carbocycles. The van der Waals surface area contributed by atoms with Gasteiger partial charge in [-0.1, -0.05) is 25.1 Å². The van der Waals surface area contributed by atoms with Crippen molar-refractivity contribution in [2.45, 2.75) is 36.0 Å². The fraction of sp³-hybridized carbons (Fsp3) is 0.350. The first kappa shape index (κ1) is 17.5. The molecule has 2 aromatic rings. The zero-order valence-electron chi connectivity index (χ0n) is 14.2. The number of hydrogen-bond acceptors (Lipinski definition) is 5. The molecule has 3 rings (SSSR count). The van der Waals surface area contributed by atoms with Crippen molar-refractivity contribution >= 4 is 11.8 Å². The van der Waals surface area contributed by atoms with E-state index in [1.54, 1.807) is 30.0 Å². The van der Waals surface area contributed by atoms with E-state index in [0.717, 1.165) is 23.5 Å². The van der Waals surface area contributed by atoms with Crippen LogP contribution in [-0.4, -0.2) is 22.5 Å². The topological polar surface area (TPSA) is 76.3 Å². The van der Waals surface area contributed by atoms with Crippen LogP contribution in [0.25, 0.3) is 0 Å². The molecule has 5 heteroatoms. The Morgan fingerprint density at radius 1 is 1.20 bits per heavy atom. The average molecular weight is 354 g/mol. The minimum Gasteiger partial charge on any atom is -0.508 e. The number of fused-ring (bicyclic) bond motifs is 1. The first-order valence-corrected chi connectivity index (χ1v) is 9.40. The van der Waals surface area contributed by atoms with E-state index in [0.29, 0.717) is 12.3 Å². The number of rotatable bonds is 5. The van der Waals surface area contributed by atoms with Crippen LogP contribution in [0.3, 0.4) is 0 Å². The van der Waals surface area contributed by atoms with Gasteiger partial charge in [-0.15, -0.1) is 11.8 Å². The predicted octanol–water partition coefficient (Wildman–Crippen LogP) is 4.10. The molecule has 1 aliphatic rings. The van der Waals surface area contributed by atoms with Crippen LogP contribution in [0.15, 0.2) is 47.4 Å². The Labute approximate surface area is 152 Å². The van der Waals surface area contributed by atoms with Crippen molar-refractivity contribution in [1.82, 2.24) is 5.32 Å². The Hall–Kier alpha value is -2.32. The maximum Gasteiger partial charge on any atom is 0.176 e. The summed E-state index contributed by atoms with van der Waals surface area (Å²) in [7, 11) is 0. The minimum absolute atomic E-state index is 0.0744. The normalized spacial score (nSPS) is 22.0. The minimum atomic E-state index is -0.0744. The van der Waals surface area contributed by atoms with E-state index in [1.165, 1.54) is 11.1 Å². The van der Waals surface area contributed by atoms with Gasteiger partial charge in [-0.2, -0.15) is 5.26 Å². The first-order valence-electron chi connectivity index (χ1n) is 8.42. The van der Waals surface area contributed by atoms with Gasteiger partial charge in [-0.25, -0.2) is 0 Å². The van der Waals surface area contributed by atoms with E-state index >= 15 is 0 Å². The summed E-state index contributed by atoms with van der Waals surface area (Å²) in [5.74, 6) is 1.76. The number of nitriles is 1. The highest BCUT2D eigenvalue weighted by atomic mass is 32.2. The summed E-state index contributed by atoms with van der Waals surface area (Å²) in [6.07, 6.45) is 3.82. The summed E-state index contributed by atoms with van der Waals surface area (Å²) < 4.78 is 0. The molecule has 0 aromatic heterocycles. The van der Waals surface area contributed by atoms with Crippen molar-refractivity contribution in [3.8, 4) is 17.7 Å². The molecule has 130 valence electrons. The molecule has 1 aliphatic heterocycles.